The van der Waals surface area contributed by atoms with E-state index in [0.717, 1.165) is 29.7 Å². The number of aromatic nitrogens is 3. The zero-order valence-electron chi connectivity index (χ0n) is 12.1. The lowest BCUT2D eigenvalue weighted by atomic mass is 10.1. The summed E-state index contributed by atoms with van der Waals surface area (Å²) in [4.78, 5) is 4.42. The molecule has 1 atom stereocenters. The van der Waals surface area contributed by atoms with Crippen molar-refractivity contribution in [3.63, 3.8) is 0 Å². The molecule has 7 heteroatoms. The number of benzene rings is 1. The summed E-state index contributed by atoms with van der Waals surface area (Å²) in [5, 5.41) is 8.53. The number of hydrogen-bond donors (Lipinski definition) is 1. The number of thioether (sulfide) groups is 1. The Hall–Kier alpha value is -1.24. The molecule has 0 saturated carbocycles. The van der Waals surface area contributed by atoms with Crippen molar-refractivity contribution in [2.24, 2.45) is 0 Å². The molecule has 0 bridgehead atoms. The van der Waals surface area contributed by atoms with E-state index in [-0.39, 0.29) is 0 Å². The van der Waals surface area contributed by atoms with Crippen LogP contribution in [0.1, 0.15) is 25.1 Å². The van der Waals surface area contributed by atoms with E-state index in [9.17, 15) is 0 Å². The van der Waals surface area contributed by atoms with Crippen LogP contribution in [-0.4, -0.2) is 33.6 Å². The number of nitrogens with one attached hydrogen (secondary N) is 1. The molecule has 5 nitrogen and oxygen atoms in total. The maximum absolute atomic E-state index is 5.83. The standard InChI is InChI=1S/C15H18ClN3O2S/c16-11-4-6-12(7-5-11)21-9-14-17-15(19-18-14)22-10-13-3-1-2-8-20-13/h4-7,13H,1-3,8-10H2,(H,17,18,19)/t13-/m1/s1. The van der Waals surface area contributed by atoms with E-state index in [1.807, 2.05) is 12.1 Å². The quantitative estimate of drug-likeness (QED) is 0.813. The second kappa shape index (κ2) is 7.85. The molecule has 1 aliphatic heterocycles. The van der Waals surface area contributed by atoms with Crippen molar-refractivity contribution in [2.75, 3.05) is 12.4 Å². The van der Waals surface area contributed by atoms with Gasteiger partial charge < -0.3 is 9.47 Å². The Labute approximate surface area is 138 Å². The lowest BCUT2D eigenvalue weighted by molar-refractivity contribution is 0.0315. The van der Waals surface area contributed by atoms with Crippen molar-refractivity contribution in [1.29, 1.82) is 0 Å². The number of nitrogens with zero attached hydrogens (tertiary/aromatic N) is 2. The van der Waals surface area contributed by atoms with Gasteiger partial charge in [0.2, 0.25) is 5.16 Å². The van der Waals surface area contributed by atoms with Crippen LogP contribution < -0.4 is 4.74 Å². The van der Waals surface area contributed by atoms with Gasteiger partial charge in [0.15, 0.2) is 5.82 Å². The predicted molar refractivity (Wildman–Crippen MR) is 86.5 cm³/mol. The molecule has 0 radical (unpaired) electrons. The van der Waals surface area contributed by atoms with E-state index in [1.54, 1.807) is 23.9 Å². The fourth-order valence-electron chi connectivity index (χ4n) is 2.20. The number of halogens is 1. The minimum atomic E-state index is 0.325. The Morgan fingerprint density at radius 1 is 1.32 bits per heavy atom. The van der Waals surface area contributed by atoms with Gasteiger partial charge in [-0.3, -0.25) is 5.10 Å². The van der Waals surface area contributed by atoms with Gasteiger partial charge in [0.05, 0.1) is 6.10 Å². The van der Waals surface area contributed by atoms with Crippen molar-refractivity contribution >= 4 is 23.4 Å². The average Bonchev–Trinajstić information content (AvgIpc) is 3.01. The molecule has 3 rings (SSSR count). The largest absolute Gasteiger partial charge is 0.486 e. The summed E-state index contributed by atoms with van der Waals surface area (Å²) in [6, 6.07) is 7.25. The third kappa shape index (κ3) is 4.63. The molecule has 1 N–H and O–H groups in total. The van der Waals surface area contributed by atoms with Gasteiger partial charge in [0.1, 0.15) is 12.4 Å². The van der Waals surface area contributed by atoms with Gasteiger partial charge in [-0.2, -0.15) is 0 Å². The van der Waals surface area contributed by atoms with Crippen molar-refractivity contribution in [3.05, 3.63) is 35.1 Å². The van der Waals surface area contributed by atoms with Crippen LogP contribution in [0.4, 0.5) is 0 Å². The van der Waals surface area contributed by atoms with Crippen LogP contribution in [0.3, 0.4) is 0 Å². The molecule has 2 aromatic rings. The Morgan fingerprint density at radius 2 is 2.18 bits per heavy atom. The molecule has 22 heavy (non-hydrogen) atoms. The fourth-order valence-corrected chi connectivity index (χ4v) is 3.20. The zero-order valence-corrected chi connectivity index (χ0v) is 13.7. The molecule has 1 aliphatic rings. The topological polar surface area (TPSA) is 60.0 Å². The molecular formula is C15H18ClN3O2S. The molecule has 0 amide bonds. The molecule has 1 aromatic heterocycles. The minimum Gasteiger partial charge on any atom is -0.486 e. The Balaban J connectivity index is 1.45. The summed E-state index contributed by atoms with van der Waals surface area (Å²) in [5.41, 5.74) is 0. The average molecular weight is 340 g/mol. The monoisotopic (exact) mass is 339 g/mol. The molecular weight excluding hydrogens is 322 g/mol. The molecule has 1 fully saturated rings. The van der Waals surface area contributed by atoms with Gasteiger partial charge in [-0.1, -0.05) is 23.4 Å². The maximum Gasteiger partial charge on any atom is 0.208 e. The van der Waals surface area contributed by atoms with E-state index in [2.05, 4.69) is 15.2 Å². The second-order valence-electron chi connectivity index (χ2n) is 5.11. The second-order valence-corrected chi connectivity index (χ2v) is 6.53. The lowest BCUT2D eigenvalue weighted by Crippen LogP contribution is -2.21. The zero-order chi connectivity index (χ0) is 15.2. The van der Waals surface area contributed by atoms with Gasteiger partial charge in [0.25, 0.3) is 0 Å². The van der Waals surface area contributed by atoms with E-state index in [4.69, 9.17) is 21.1 Å². The highest BCUT2D eigenvalue weighted by Crippen LogP contribution is 2.21. The number of H-pyrrole nitrogens is 1. The smallest absolute Gasteiger partial charge is 0.208 e. The molecule has 0 aliphatic carbocycles. The maximum atomic E-state index is 5.83. The highest BCUT2D eigenvalue weighted by molar-refractivity contribution is 7.99. The number of ether oxygens (including phenoxy) is 2. The summed E-state index contributed by atoms with van der Waals surface area (Å²) >= 11 is 7.45. The summed E-state index contributed by atoms with van der Waals surface area (Å²) < 4.78 is 11.3. The highest BCUT2D eigenvalue weighted by atomic mass is 35.5. The molecule has 2 heterocycles. The molecule has 1 saturated heterocycles. The van der Waals surface area contributed by atoms with Crippen molar-refractivity contribution < 1.29 is 9.47 Å². The number of hydrogen-bond acceptors (Lipinski definition) is 5. The first kappa shape index (κ1) is 15.6. The summed E-state index contributed by atoms with van der Waals surface area (Å²) in [6.07, 6.45) is 3.88. The van der Waals surface area contributed by atoms with Gasteiger partial charge >= 0.3 is 0 Å². The summed E-state index contributed by atoms with van der Waals surface area (Å²) in [6.45, 7) is 1.23. The van der Waals surface area contributed by atoms with Crippen molar-refractivity contribution in [2.45, 2.75) is 37.1 Å². The normalized spacial score (nSPS) is 18.3. The van der Waals surface area contributed by atoms with Gasteiger partial charge in [-0.15, -0.1) is 5.10 Å². The summed E-state index contributed by atoms with van der Waals surface area (Å²) in [7, 11) is 0. The third-order valence-electron chi connectivity index (χ3n) is 3.37. The first-order valence-electron chi connectivity index (χ1n) is 7.33. The highest BCUT2D eigenvalue weighted by Gasteiger charge is 2.15. The van der Waals surface area contributed by atoms with Crippen LogP contribution >= 0.6 is 23.4 Å². The van der Waals surface area contributed by atoms with E-state index in [0.29, 0.717) is 23.6 Å². The van der Waals surface area contributed by atoms with Gasteiger partial charge in [-0.05, 0) is 43.5 Å². The minimum absolute atomic E-state index is 0.325. The fraction of sp³-hybridized carbons (Fsp3) is 0.467. The van der Waals surface area contributed by atoms with Crippen molar-refractivity contribution in [3.8, 4) is 5.75 Å². The van der Waals surface area contributed by atoms with Crippen LogP contribution in [0.5, 0.6) is 5.75 Å². The molecule has 0 spiro atoms. The summed E-state index contributed by atoms with van der Waals surface area (Å²) in [5.74, 6) is 2.36. The number of aromatic amines is 1. The van der Waals surface area contributed by atoms with Crippen LogP contribution in [0, 0.1) is 0 Å². The van der Waals surface area contributed by atoms with E-state index in [1.165, 1.54) is 12.8 Å². The van der Waals surface area contributed by atoms with E-state index >= 15 is 0 Å². The Morgan fingerprint density at radius 3 is 2.95 bits per heavy atom. The van der Waals surface area contributed by atoms with Crippen LogP contribution in [-0.2, 0) is 11.3 Å². The predicted octanol–water partition coefficient (Wildman–Crippen LogP) is 3.70. The van der Waals surface area contributed by atoms with Crippen LogP contribution in [0.2, 0.25) is 5.02 Å². The van der Waals surface area contributed by atoms with E-state index < -0.39 is 0 Å². The lowest BCUT2D eigenvalue weighted by Gasteiger charge is -2.21. The molecule has 0 unspecified atom stereocenters. The first-order valence-corrected chi connectivity index (χ1v) is 8.70. The molecule has 1 aromatic carbocycles. The van der Waals surface area contributed by atoms with Crippen LogP contribution in [0.15, 0.2) is 29.4 Å². The van der Waals surface area contributed by atoms with Crippen LogP contribution in [0.25, 0.3) is 0 Å². The number of rotatable bonds is 6. The van der Waals surface area contributed by atoms with Gasteiger partial charge in [-0.25, -0.2) is 4.98 Å². The molecule has 118 valence electrons. The van der Waals surface area contributed by atoms with Crippen molar-refractivity contribution in [1.82, 2.24) is 15.2 Å². The third-order valence-corrected chi connectivity index (χ3v) is 4.60. The van der Waals surface area contributed by atoms with Gasteiger partial charge in [0, 0.05) is 17.4 Å². The Kier molecular flexibility index (Phi) is 5.58. The first-order chi connectivity index (χ1) is 10.8. The SMILES string of the molecule is Clc1ccc(OCc2nc(SC[C@H]3CCCCO3)n[nH]2)cc1. The Bertz CT molecular complexity index is 585.